The molecule has 84 valence electrons. The molecule has 15 heavy (non-hydrogen) atoms. The molecule has 1 fully saturated rings. The highest BCUT2D eigenvalue weighted by molar-refractivity contribution is 7.80. The van der Waals surface area contributed by atoms with Crippen molar-refractivity contribution in [3.63, 3.8) is 0 Å². The fourth-order valence-electron chi connectivity index (χ4n) is 2.62. The third-order valence-electron chi connectivity index (χ3n) is 3.57. The molecule has 1 unspecified atom stereocenters. The van der Waals surface area contributed by atoms with Crippen LogP contribution in [0.2, 0.25) is 0 Å². The fourth-order valence-corrected chi connectivity index (χ4v) is 3.26. The lowest BCUT2D eigenvalue weighted by Gasteiger charge is -2.34. The van der Waals surface area contributed by atoms with Crippen molar-refractivity contribution in [1.82, 2.24) is 5.32 Å². The van der Waals surface area contributed by atoms with Crippen molar-refractivity contribution in [2.45, 2.75) is 39.5 Å². The lowest BCUT2D eigenvalue weighted by Crippen LogP contribution is -2.34. The van der Waals surface area contributed by atoms with Crippen LogP contribution in [0.25, 0.3) is 0 Å². The molecule has 1 N–H and O–H groups in total. The second kappa shape index (κ2) is 4.34. The summed E-state index contributed by atoms with van der Waals surface area (Å²) >= 11 is 5.56. The van der Waals surface area contributed by atoms with E-state index in [2.05, 4.69) is 25.2 Å². The summed E-state index contributed by atoms with van der Waals surface area (Å²) in [6.07, 6.45) is 7.32. The van der Waals surface area contributed by atoms with Gasteiger partial charge in [-0.1, -0.05) is 32.1 Å². The highest BCUT2D eigenvalue weighted by Gasteiger charge is 2.29. The molecule has 0 radical (unpaired) electrons. The van der Waals surface area contributed by atoms with E-state index in [4.69, 9.17) is 12.2 Å². The van der Waals surface area contributed by atoms with E-state index < -0.39 is 0 Å². The van der Waals surface area contributed by atoms with Crippen LogP contribution in [0.1, 0.15) is 39.5 Å². The molecular formula is C13H21NS. The number of nitrogens with one attached hydrogen (secondary N) is 1. The van der Waals surface area contributed by atoms with Gasteiger partial charge in [-0.3, -0.25) is 0 Å². The molecule has 2 heteroatoms. The minimum absolute atomic E-state index is 0.392. The largest absolute Gasteiger partial charge is 0.316 e. The summed E-state index contributed by atoms with van der Waals surface area (Å²) in [5.74, 6) is 0.697. The average Bonchev–Trinajstić information content (AvgIpc) is 2.17. The van der Waals surface area contributed by atoms with Crippen LogP contribution in [0.15, 0.2) is 11.6 Å². The molecule has 0 aromatic heterocycles. The maximum atomic E-state index is 5.56. The van der Waals surface area contributed by atoms with Gasteiger partial charge in [0.1, 0.15) is 0 Å². The van der Waals surface area contributed by atoms with E-state index in [1.807, 2.05) is 0 Å². The van der Waals surface area contributed by atoms with Gasteiger partial charge in [0.2, 0.25) is 0 Å². The van der Waals surface area contributed by atoms with E-state index >= 15 is 0 Å². The van der Waals surface area contributed by atoms with Crippen molar-refractivity contribution in [3.05, 3.63) is 11.6 Å². The molecule has 0 bridgehead atoms. The minimum Gasteiger partial charge on any atom is -0.316 e. The van der Waals surface area contributed by atoms with Gasteiger partial charge in [-0.25, -0.2) is 0 Å². The molecule has 0 amide bonds. The van der Waals surface area contributed by atoms with Gasteiger partial charge in [-0.2, -0.15) is 0 Å². The Morgan fingerprint density at radius 1 is 1.47 bits per heavy atom. The third kappa shape index (κ3) is 2.67. The smallest absolute Gasteiger partial charge is 0.0189 e. The highest BCUT2D eigenvalue weighted by Crippen LogP contribution is 2.36. The van der Waals surface area contributed by atoms with Crippen LogP contribution in [0.5, 0.6) is 0 Å². The van der Waals surface area contributed by atoms with Crippen LogP contribution in [0.3, 0.4) is 0 Å². The first-order chi connectivity index (χ1) is 7.08. The second-order valence-electron chi connectivity index (χ2n) is 5.67. The van der Waals surface area contributed by atoms with Gasteiger partial charge in [0.25, 0.3) is 0 Å². The van der Waals surface area contributed by atoms with Gasteiger partial charge in [0.05, 0.1) is 0 Å². The van der Waals surface area contributed by atoms with Crippen LogP contribution < -0.4 is 5.32 Å². The Morgan fingerprint density at radius 3 is 2.87 bits per heavy atom. The molecule has 1 atom stereocenters. The number of hydrogen-bond donors (Lipinski definition) is 1. The Labute approximate surface area is 98.3 Å². The molecule has 0 aromatic carbocycles. The fraction of sp³-hybridized carbons (Fsp3) is 0.769. The summed E-state index contributed by atoms with van der Waals surface area (Å²) in [4.78, 5) is 1.22. The maximum Gasteiger partial charge on any atom is 0.0189 e. The first-order valence-corrected chi connectivity index (χ1v) is 6.43. The average molecular weight is 223 g/mol. The molecule has 0 aromatic rings. The normalized spacial score (nSPS) is 31.2. The summed E-state index contributed by atoms with van der Waals surface area (Å²) in [5.41, 5.74) is 1.87. The molecule has 0 saturated carbocycles. The second-order valence-corrected chi connectivity index (χ2v) is 6.16. The zero-order valence-electron chi connectivity index (χ0n) is 9.81. The quantitative estimate of drug-likeness (QED) is 0.686. The Bertz CT molecular complexity index is 285. The molecule has 1 aliphatic carbocycles. The number of allylic oxidation sites excluding steroid dienone is 1. The Morgan fingerprint density at radius 2 is 2.27 bits per heavy atom. The SMILES string of the molecule is CC1(C)CC=C(C2CCCNC2)C(=S)C1. The number of hydrogen-bond acceptors (Lipinski definition) is 2. The first-order valence-electron chi connectivity index (χ1n) is 6.02. The standard InChI is InChI=1S/C13H21NS/c1-13(2)6-5-11(12(15)8-13)10-4-3-7-14-9-10/h5,10,14H,3-4,6-9H2,1-2H3. The number of rotatable bonds is 1. The Balaban J connectivity index is 2.08. The van der Waals surface area contributed by atoms with Crippen molar-refractivity contribution in [2.75, 3.05) is 13.1 Å². The van der Waals surface area contributed by atoms with Crippen LogP contribution in [0.4, 0.5) is 0 Å². The lowest BCUT2D eigenvalue weighted by molar-refractivity contribution is 0.370. The van der Waals surface area contributed by atoms with E-state index in [9.17, 15) is 0 Å². The van der Waals surface area contributed by atoms with Crippen LogP contribution in [-0.4, -0.2) is 18.0 Å². The van der Waals surface area contributed by atoms with Gasteiger partial charge in [-0.15, -0.1) is 0 Å². The maximum absolute atomic E-state index is 5.56. The van der Waals surface area contributed by atoms with Crippen molar-refractivity contribution < 1.29 is 0 Å². The van der Waals surface area contributed by atoms with Crippen molar-refractivity contribution in [3.8, 4) is 0 Å². The van der Waals surface area contributed by atoms with Gasteiger partial charge in [-0.05, 0) is 49.1 Å². The number of piperidine rings is 1. The van der Waals surface area contributed by atoms with Gasteiger partial charge in [0, 0.05) is 11.4 Å². The lowest BCUT2D eigenvalue weighted by atomic mass is 9.74. The van der Waals surface area contributed by atoms with E-state index in [1.54, 1.807) is 0 Å². The molecule has 1 aliphatic heterocycles. The molecule has 1 nitrogen and oxygen atoms in total. The first kappa shape index (κ1) is 11.3. The van der Waals surface area contributed by atoms with Crippen LogP contribution >= 0.6 is 12.2 Å². The van der Waals surface area contributed by atoms with Crippen molar-refractivity contribution in [1.29, 1.82) is 0 Å². The van der Waals surface area contributed by atoms with Gasteiger partial charge in [0.15, 0.2) is 0 Å². The molecule has 1 saturated heterocycles. The summed E-state index contributed by atoms with van der Waals surface area (Å²) < 4.78 is 0. The minimum atomic E-state index is 0.392. The van der Waals surface area contributed by atoms with E-state index in [1.165, 1.54) is 36.2 Å². The summed E-state index contributed by atoms with van der Waals surface area (Å²) in [5, 5.41) is 3.47. The molecular weight excluding hydrogens is 202 g/mol. The zero-order chi connectivity index (χ0) is 10.9. The van der Waals surface area contributed by atoms with Crippen molar-refractivity contribution >= 4 is 17.1 Å². The number of thiocarbonyl (C=S) groups is 1. The van der Waals surface area contributed by atoms with Crippen molar-refractivity contribution in [2.24, 2.45) is 11.3 Å². The Kier molecular flexibility index (Phi) is 3.27. The topological polar surface area (TPSA) is 12.0 Å². The summed E-state index contributed by atoms with van der Waals surface area (Å²) in [6.45, 7) is 6.94. The summed E-state index contributed by atoms with van der Waals surface area (Å²) in [6, 6.07) is 0. The van der Waals surface area contributed by atoms with E-state index in [0.717, 1.165) is 13.0 Å². The van der Waals surface area contributed by atoms with E-state index in [-0.39, 0.29) is 0 Å². The van der Waals surface area contributed by atoms with Gasteiger partial charge < -0.3 is 5.32 Å². The predicted molar refractivity (Wildman–Crippen MR) is 69.3 cm³/mol. The van der Waals surface area contributed by atoms with Crippen LogP contribution in [0, 0.1) is 11.3 Å². The highest BCUT2D eigenvalue weighted by atomic mass is 32.1. The molecule has 1 heterocycles. The zero-order valence-corrected chi connectivity index (χ0v) is 10.6. The third-order valence-corrected chi connectivity index (χ3v) is 3.95. The monoisotopic (exact) mass is 223 g/mol. The molecule has 0 spiro atoms. The molecule has 2 aliphatic rings. The Hall–Kier alpha value is -0.210. The van der Waals surface area contributed by atoms with E-state index in [0.29, 0.717) is 11.3 Å². The predicted octanol–water partition coefficient (Wildman–Crippen LogP) is 3.10. The van der Waals surface area contributed by atoms with Gasteiger partial charge >= 0.3 is 0 Å². The molecule has 2 rings (SSSR count). The van der Waals surface area contributed by atoms with Crippen LogP contribution in [-0.2, 0) is 0 Å². The summed E-state index contributed by atoms with van der Waals surface area (Å²) in [7, 11) is 0.